The summed E-state index contributed by atoms with van der Waals surface area (Å²) in [4.78, 5) is 22.2. The Morgan fingerprint density at radius 3 is 2.75 bits per heavy atom. The van der Waals surface area contributed by atoms with E-state index in [1.54, 1.807) is 19.3 Å². The fourth-order valence-electron chi connectivity index (χ4n) is 1.91. The number of fused-ring (bicyclic) bond motifs is 1. The lowest BCUT2D eigenvalue weighted by Gasteiger charge is -2.02. The molecule has 0 N–H and O–H groups in total. The van der Waals surface area contributed by atoms with Crippen molar-refractivity contribution in [3.8, 4) is 0 Å². The molecule has 0 spiro atoms. The first-order valence-corrected chi connectivity index (χ1v) is 6.38. The zero-order chi connectivity index (χ0) is 14.5. The quantitative estimate of drug-likeness (QED) is 0.785. The normalized spacial score (nSPS) is 10.5. The van der Waals surface area contributed by atoms with Crippen LogP contribution < -0.4 is 0 Å². The van der Waals surface area contributed by atoms with Gasteiger partial charge in [-0.3, -0.25) is 9.59 Å². The summed E-state index contributed by atoms with van der Waals surface area (Å²) in [5, 5.41) is 0.865. The first-order chi connectivity index (χ1) is 9.60. The van der Waals surface area contributed by atoms with E-state index in [4.69, 9.17) is 13.9 Å². The molecule has 0 saturated carbocycles. The number of esters is 2. The molecule has 0 amide bonds. The Morgan fingerprint density at radius 2 is 2.05 bits per heavy atom. The van der Waals surface area contributed by atoms with E-state index in [9.17, 15) is 9.59 Å². The molecule has 0 atom stereocenters. The van der Waals surface area contributed by atoms with Crippen molar-refractivity contribution < 1.29 is 23.5 Å². The van der Waals surface area contributed by atoms with E-state index in [0.717, 1.165) is 16.5 Å². The van der Waals surface area contributed by atoms with E-state index >= 15 is 0 Å². The summed E-state index contributed by atoms with van der Waals surface area (Å²) < 4.78 is 15.3. The third-order valence-corrected chi connectivity index (χ3v) is 2.80. The highest BCUT2D eigenvalue weighted by molar-refractivity contribution is 5.86. The molecule has 5 nitrogen and oxygen atoms in total. The van der Waals surface area contributed by atoms with Crippen LogP contribution in [0.3, 0.4) is 0 Å². The molecule has 0 saturated heterocycles. The predicted molar refractivity (Wildman–Crippen MR) is 72.0 cm³/mol. The van der Waals surface area contributed by atoms with Crippen molar-refractivity contribution in [3.05, 3.63) is 35.6 Å². The second kappa shape index (κ2) is 6.23. The van der Waals surface area contributed by atoms with Gasteiger partial charge in [-0.2, -0.15) is 0 Å². The lowest BCUT2D eigenvalue weighted by atomic mass is 10.1. The molecule has 0 aliphatic heterocycles. The second-order valence-electron chi connectivity index (χ2n) is 4.35. The molecule has 106 valence electrons. The molecule has 2 rings (SSSR count). The maximum atomic E-state index is 11.5. The van der Waals surface area contributed by atoms with Gasteiger partial charge < -0.3 is 13.9 Å². The SMILES string of the molecule is CCOC(=O)Cc1coc2cc(COC(C)=O)ccc12. The van der Waals surface area contributed by atoms with E-state index in [2.05, 4.69) is 0 Å². The van der Waals surface area contributed by atoms with Gasteiger partial charge in [-0.25, -0.2) is 0 Å². The summed E-state index contributed by atoms with van der Waals surface area (Å²) >= 11 is 0. The highest BCUT2D eigenvalue weighted by Gasteiger charge is 2.11. The number of carbonyl (C=O) groups excluding carboxylic acids is 2. The third-order valence-electron chi connectivity index (χ3n) is 2.80. The fraction of sp³-hybridized carbons (Fsp3) is 0.333. The van der Waals surface area contributed by atoms with E-state index in [1.807, 2.05) is 12.1 Å². The van der Waals surface area contributed by atoms with Crippen molar-refractivity contribution in [2.75, 3.05) is 6.61 Å². The summed E-state index contributed by atoms with van der Waals surface area (Å²) in [5.74, 6) is -0.605. The molecule has 0 fully saturated rings. The maximum absolute atomic E-state index is 11.5. The number of hydrogen-bond acceptors (Lipinski definition) is 5. The topological polar surface area (TPSA) is 65.7 Å². The van der Waals surface area contributed by atoms with Crippen LogP contribution in [0.15, 0.2) is 28.9 Å². The molecule has 0 bridgehead atoms. The van der Waals surface area contributed by atoms with Crippen LogP contribution in [0.4, 0.5) is 0 Å². The van der Waals surface area contributed by atoms with Gasteiger partial charge in [0, 0.05) is 17.9 Å². The van der Waals surface area contributed by atoms with Crippen molar-refractivity contribution in [1.82, 2.24) is 0 Å². The summed E-state index contributed by atoms with van der Waals surface area (Å²) in [6.07, 6.45) is 1.74. The standard InChI is InChI=1S/C15H16O5/c1-3-18-15(17)7-12-9-20-14-6-11(4-5-13(12)14)8-19-10(2)16/h4-6,9H,3,7-8H2,1-2H3. The van der Waals surface area contributed by atoms with Gasteiger partial charge >= 0.3 is 11.9 Å². The van der Waals surface area contributed by atoms with Gasteiger partial charge in [0.25, 0.3) is 0 Å². The van der Waals surface area contributed by atoms with Crippen LogP contribution in [0.25, 0.3) is 11.0 Å². The third kappa shape index (κ3) is 3.38. The minimum Gasteiger partial charge on any atom is -0.466 e. The molecule has 0 unspecified atom stereocenters. The average Bonchev–Trinajstić information content (AvgIpc) is 2.79. The number of furan rings is 1. The molecule has 1 heterocycles. The Balaban J connectivity index is 2.16. The summed E-state index contributed by atoms with van der Waals surface area (Å²) in [6, 6.07) is 5.49. The van der Waals surface area contributed by atoms with E-state index in [-0.39, 0.29) is 25.0 Å². The van der Waals surface area contributed by atoms with Crippen molar-refractivity contribution in [2.24, 2.45) is 0 Å². The van der Waals surface area contributed by atoms with Crippen LogP contribution in [0.2, 0.25) is 0 Å². The Kier molecular flexibility index (Phi) is 4.40. The van der Waals surface area contributed by atoms with Crippen LogP contribution >= 0.6 is 0 Å². The lowest BCUT2D eigenvalue weighted by molar-refractivity contribution is -0.143. The van der Waals surface area contributed by atoms with Gasteiger partial charge in [-0.1, -0.05) is 12.1 Å². The fourth-order valence-corrected chi connectivity index (χ4v) is 1.91. The lowest BCUT2D eigenvalue weighted by Crippen LogP contribution is -2.06. The van der Waals surface area contributed by atoms with E-state index in [0.29, 0.717) is 12.2 Å². The number of benzene rings is 1. The molecule has 20 heavy (non-hydrogen) atoms. The zero-order valence-electron chi connectivity index (χ0n) is 11.5. The molecule has 0 aliphatic carbocycles. The maximum Gasteiger partial charge on any atom is 0.310 e. The molecule has 2 aromatic rings. The van der Waals surface area contributed by atoms with Crippen LogP contribution in [0.1, 0.15) is 25.0 Å². The number of hydrogen-bond donors (Lipinski definition) is 0. The van der Waals surface area contributed by atoms with Crippen LogP contribution in [0, 0.1) is 0 Å². The van der Waals surface area contributed by atoms with Gasteiger partial charge in [0.2, 0.25) is 0 Å². The number of ether oxygens (including phenoxy) is 2. The first-order valence-electron chi connectivity index (χ1n) is 6.38. The minimum absolute atomic E-state index is 0.185. The minimum atomic E-state index is -0.326. The molecule has 0 aliphatic rings. The average molecular weight is 276 g/mol. The highest BCUT2D eigenvalue weighted by Crippen LogP contribution is 2.23. The van der Waals surface area contributed by atoms with Crippen LogP contribution in [-0.4, -0.2) is 18.5 Å². The van der Waals surface area contributed by atoms with Crippen LogP contribution in [-0.2, 0) is 32.1 Å². The molecule has 1 aromatic heterocycles. The van der Waals surface area contributed by atoms with E-state index in [1.165, 1.54) is 6.92 Å². The van der Waals surface area contributed by atoms with Crippen molar-refractivity contribution in [3.63, 3.8) is 0 Å². The number of carbonyl (C=O) groups is 2. The van der Waals surface area contributed by atoms with Gasteiger partial charge in [0.15, 0.2) is 0 Å². The first kappa shape index (κ1) is 14.1. The summed E-state index contributed by atoms with van der Waals surface area (Å²) in [6.45, 7) is 3.70. The Morgan fingerprint density at radius 1 is 1.25 bits per heavy atom. The smallest absolute Gasteiger partial charge is 0.310 e. The van der Waals surface area contributed by atoms with Gasteiger partial charge in [-0.05, 0) is 18.6 Å². The predicted octanol–water partition coefficient (Wildman–Crippen LogP) is 2.60. The molecule has 1 aromatic carbocycles. The monoisotopic (exact) mass is 276 g/mol. The molecule has 0 radical (unpaired) electrons. The van der Waals surface area contributed by atoms with Gasteiger partial charge in [0.05, 0.1) is 19.3 Å². The Hall–Kier alpha value is -2.30. The van der Waals surface area contributed by atoms with Crippen molar-refractivity contribution in [1.29, 1.82) is 0 Å². The summed E-state index contributed by atoms with van der Waals surface area (Å²) in [7, 11) is 0. The van der Waals surface area contributed by atoms with Crippen molar-refractivity contribution >= 4 is 22.9 Å². The van der Waals surface area contributed by atoms with Gasteiger partial charge in [0.1, 0.15) is 12.2 Å². The Bertz CT molecular complexity index is 626. The van der Waals surface area contributed by atoms with Gasteiger partial charge in [-0.15, -0.1) is 0 Å². The Labute approximate surface area is 116 Å². The van der Waals surface area contributed by atoms with Crippen LogP contribution in [0.5, 0.6) is 0 Å². The molecular formula is C15H16O5. The molecular weight excluding hydrogens is 260 g/mol. The zero-order valence-corrected chi connectivity index (χ0v) is 11.5. The number of rotatable bonds is 5. The highest BCUT2D eigenvalue weighted by atomic mass is 16.5. The van der Waals surface area contributed by atoms with Crippen molar-refractivity contribution in [2.45, 2.75) is 26.9 Å². The largest absolute Gasteiger partial charge is 0.466 e. The van der Waals surface area contributed by atoms with E-state index < -0.39 is 0 Å². The molecule has 5 heteroatoms. The summed E-state index contributed by atoms with van der Waals surface area (Å²) in [5.41, 5.74) is 2.29. The second-order valence-corrected chi connectivity index (χ2v) is 4.35.